The number of benzene rings is 1. The molecular formula is C12H11BrN2O. The van der Waals surface area contributed by atoms with Crippen LogP contribution >= 0.6 is 15.9 Å². The van der Waals surface area contributed by atoms with E-state index in [1.165, 1.54) is 0 Å². The predicted molar refractivity (Wildman–Crippen MR) is 69.2 cm³/mol. The Morgan fingerprint density at radius 1 is 1.19 bits per heavy atom. The largest absolute Gasteiger partial charge is 0.394 e. The highest BCUT2D eigenvalue weighted by molar-refractivity contribution is 9.10. The molecule has 16 heavy (non-hydrogen) atoms. The van der Waals surface area contributed by atoms with Gasteiger partial charge in [0.15, 0.2) is 0 Å². The summed E-state index contributed by atoms with van der Waals surface area (Å²) in [5.41, 5.74) is 7.46. The maximum Gasteiger partial charge on any atom is 0.273 e. The molecule has 0 saturated carbocycles. The van der Waals surface area contributed by atoms with Crippen molar-refractivity contribution in [1.29, 1.82) is 0 Å². The summed E-state index contributed by atoms with van der Waals surface area (Å²) in [5.74, 6) is 0. The van der Waals surface area contributed by atoms with Crippen LogP contribution in [0.25, 0.3) is 11.3 Å². The zero-order chi connectivity index (χ0) is 11.7. The van der Waals surface area contributed by atoms with Crippen LogP contribution in [0.1, 0.15) is 0 Å². The minimum absolute atomic E-state index is 0.173. The predicted octanol–water partition coefficient (Wildman–Crippen LogP) is 2.40. The minimum atomic E-state index is -0.173. The molecule has 0 saturated heterocycles. The molecule has 0 atom stereocenters. The van der Waals surface area contributed by atoms with E-state index in [4.69, 9.17) is 5.73 Å². The fourth-order valence-corrected chi connectivity index (χ4v) is 2.08. The standard InChI is InChI=1S/C12H11BrN2O/c1-15-11(7-6-10(14)12(15)16)8-4-2-3-5-9(8)13/h2-7H,14H2,1H3. The molecule has 0 radical (unpaired) electrons. The molecule has 82 valence electrons. The van der Waals surface area contributed by atoms with Crippen LogP contribution in [0.2, 0.25) is 0 Å². The number of anilines is 1. The summed E-state index contributed by atoms with van der Waals surface area (Å²) < 4.78 is 2.50. The molecule has 0 aliphatic heterocycles. The van der Waals surface area contributed by atoms with E-state index in [0.29, 0.717) is 0 Å². The van der Waals surface area contributed by atoms with Crippen molar-refractivity contribution in [2.24, 2.45) is 7.05 Å². The number of hydrogen-bond donors (Lipinski definition) is 1. The SMILES string of the molecule is Cn1c(-c2ccccc2Br)ccc(N)c1=O. The highest BCUT2D eigenvalue weighted by Gasteiger charge is 2.07. The van der Waals surface area contributed by atoms with Gasteiger partial charge in [-0.25, -0.2) is 0 Å². The molecule has 4 heteroatoms. The molecular weight excluding hydrogens is 268 g/mol. The quantitative estimate of drug-likeness (QED) is 0.871. The first kappa shape index (κ1) is 11.0. The zero-order valence-corrected chi connectivity index (χ0v) is 10.4. The summed E-state index contributed by atoms with van der Waals surface area (Å²) in [7, 11) is 1.72. The molecule has 0 fully saturated rings. The van der Waals surface area contributed by atoms with Gasteiger partial charge in [0.2, 0.25) is 0 Å². The Balaban J connectivity index is 2.71. The lowest BCUT2D eigenvalue weighted by Crippen LogP contribution is -2.21. The number of aromatic nitrogens is 1. The second-order valence-electron chi connectivity index (χ2n) is 3.52. The number of hydrogen-bond acceptors (Lipinski definition) is 2. The average molecular weight is 279 g/mol. The van der Waals surface area contributed by atoms with Gasteiger partial charge in [-0.1, -0.05) is 34.1 Å². The van der Waals surface area contributed by atoms with E-state index in [1.54, 1.807) is 17.7 Å². The topological polar surface area (TPSA) is 48.0 Å². The van der Waals surface area contributed by atoms with Gasteiger partial charge in [-0.15, -0.1) is 0 Å². The van der Waals surface area contributed by atoms with Crippen molar-refractivity contribution in [1.82, 2.24) is 4.57 Å². The monoisotopic (exact) mass is 278 g/mol. The number of nitrogens with zero attached hydrogens (tertiary/aromatic N) is 1. The summed E-state index contributed by atoms with van der Waals surface area (Å²) in [5, 5.41) is 0. The van der Waals surface area contributed by atoms with Gasteiger partial charge in [0.05, 0.1) is 11.4 Å². The summed E-state index contributed by atoms with van der Waals surface area (Å²) in [6, 6.07) is 11.2. The Morgan fingerprint density at radius 3 is 2.56 bits per heavy atom. The van der Waals surface area contributed by atoms with Crippen LogP contribution in [0.5, 0.6) is 0 Å². The molecule has 0 aliphatic carbocycles. The van der Waals surface area contributed by atoms with Crippen molar-refractivity contribution in [2.45, 2.75) is 0 Å². The summed E-state index contributed by atoms with van der Waals surface area (Å²) >= 11 is 3.46. The fraction of sp³-hybridized carbons (Fsp3) is 0.0833. The number of rotatable bonds is 1. The molecule has 1 aromatic heterocycles. The molecule has 2 N–H and O–H groups in total. The molecule has 0 aliphatic rings. The lowest BCUT2D eigenvalue weighted by molar-refractivity contribution is 0.874. The third-order valence-electron chi connectivity index (χ3n) is 2.48. The van der Waals surface area contributed by atoms with Gasteiger partial charge in [-0.3, -0.25) is 4.79 Å². The molecule has 0 bridgehead atoms. The summed E-state index contributed by atoms with van der Waals surface area (Å²) in [6.45, 7) is 0. The highest BCUT2D eigenvalue weighted by atomic mass is 79.9. The van der Waals surface area contributed by atoms with E-state index in [2.05, 4.69) is 15.9 Å². The van der Waals surface area contributed by atoms with Crippen LogP contribution in [0, 0.1) is 0 Å². The van der Waals surface area contributed by atoms with Crippen molar-refractivity contribution in [3.05, 3.63) is 51.2 Å². The molecule has 3 nitrogen and oxygen atoms in total. The van der Waals surface area contributed by atoms with Crippen LogP contribution in [-0.4, -0.2) is 4.57 Å². The molecule has 0 amide bonds. The lowest BCUT2D eigenvalue weighted by atomic mass is 10.1. The van der Waals surface area contributed by atoms with Crippen molar-refractivity contribution < 1.29 is 0 Å². The van der Waals surface area contributed by atoms with Crippen molar-refractivity contribution >= 4 is 21.6 Å². The van der Waals surface area contributed by atoms with E-state index < -0.39 is 0 Å². The lowest BCUT2D eigenvalue weighted by Gasteiger charge is -2.10. The van der Waals surface area contributed by atoms with Gasteiger partial charge in [-0.05, 0) is 18.2 Å². The highest BCUT2D eigenvalue weighted by Crippen LogP contribution is 2.26. The van der Waals surface area contributed by atoms with Gasteiger partial charge >= 0.3 is 0 Å². The first-order valence-electron chi connectivity index (χ1n) is 4.81. The number of halogens is 1. The normalized spacial score (nSPS) is 10.4. The Bertz CT molecular complexity index is 590. The zero-order valence-electron chi connectivity index (χ0n) is 8.77. The van der Waals surface area contributed by atoms with Gasteiger partial charge < -0.3 is 10.3 Å². The maximum absolute atomic E-state index is 11.7. The van der Waals surface area contributed by atoms with Crippen molar-refractivity contribution in [2.75, 3.05) is 5.73 Å². The third kappa shape index (κ3) is 1.76. The van der Waals surface area contributed by atoms with Crippen LogP contribution in [0.15, 0.2) is 45.7 Å². The van der Waals surface area contributed by atoms with E-state index in [-0.39, 0.29) is 11.2 Å². The van der Waals surface area contributed by atoms with Crippen molar-refractivity contribution in [3.63, 3.8) is 0 Å². The van der Waals surface area contributed by atoms with Crippen LogP contribution in [0.3, 0.4) is 0 Å². The summed E-state index contributed by atoms with van der Waals surface area (Å²) in [6.07, 6.45) is 0. The second-order valence-corrected chi connectivity index (χ2v) is 4.37. The van der Waals surface area contributed by atoms with Gasteiger partial charge in [0.1, 0.15) is 0 Å². The molecule has 1 aromatic carbocycles. The van der Waals surface area contributed by atoms with E-state index in [9.17, 15) is 4.79 Å². The molecule has 0 unspecified atom stereocenters. The molecule has 2 aromatic rings. The van der Waals surface area contributed by atoms with Crippen LogP contribution in [-0.2, 0) is 7.05 Å². The van der Waals surface area contributed by atoms with Crippen LogP contribution in [0.4, 0.5) is 5.69 Å². The van der Waals surface area contributed by atoms with E-state index >= 15 is 0 Å². The first-order valence-corrected chi connectivity index (χ1v) is 5.61. The Kier molecular flexibility index (Phi) is 2.83. The van der Waals surface area contributed by atoms with E-state index in [0.717, 1.165) is 15.7 Å². The Morgan fingerprint density at radius 2 is 1.88 bits per heavy atom. The average Bonchev–Trinajstić information content (AvgIpc) is 2.28. The Labute approximate surface area is 102 Å². The van der Waals surface area contributed by atoms with Crippen LogP contribution < -0.4 is 11.3 Å². The molecule has 0 spiro atoms. The molecule has 2 rings (SSSR count). The summed E-state index contributed by atoms with van der Waals surface area (Å²) in [4.78, 5) is 11.7. The second kappa shape index (κ2) is 4.14. The number of nitrogen functional groups attached to an aromatic ring is 1. The van der Waals surface area contributed by atoms with Crippen molar-refractivity contribution in [3.8, 4) is 11.3 Å². The Hall–Kier alpha value is -1.55. The van der Waals surface area contributed by atoms with Gasteiger partial charge in [-0.2, -0.15) is 0 Å². The molecule has 1 heterocycles. The maximum atomic E-state index is 11.7. The first-order chi connectivity index (χ1) is 7.61. The van der Waals surface area contributed by atoms with Gasteiger partial charge in [0, 0.05) is 17.1 Å². The smallest absolute Gasteiger partial charge is 0.273 e. The minimum Gasteiger partial charge on any atom is -0.394 e. The van der Waals surface area contributed by atoms with Gasteiger partial charge in [0.25, 0.3) is 5.56 Å². The van der Waals surface area contributed by atoms with E-state index in [1.807, 2.05) is 30.3 Å². The third-order valence-corrected chi connectivity index (χ3v) is 3.18. The fourth-order valence-electron chi connectivity index (χ4n) is 1.59. The number of nitrogens with two attached hydrogens (primary N) is 1. The number of pyridine rings is 1.